The second-order valence-corrected chi connectivity index (χ2v) is 10.2. The normalized spacial score (nSPS) is 20.9. The quantitative estimate of drug-likeness (QED) is 0.340. The van der Waals surface area contributed by atoms with Crippen molar-refractivity contribution in [3.05, 3.63) is 25.5 Å². The first-order valence-electron chi connectivity index (χ1n) is 9.28. The maximum Gasteiger partial charge on any atom is 0.350 e. The lowest BCUT2D eigenvalue weighted by Gasteiger charge is -2.36. The monoisotopic (exact) mass is 501 g/mol. The highest BCUT2D eigenvalue weighted by Crippen LogP contribution is 2.38. The first-order valence-corrected chi connectivity index (χ1v) is 11.2. The number of allylic oxidation sites excluding steroid dienone is 2. The first kappa shape index (κ1) is 20.5. The van der Waals surface area contributed by atoms with Gasteiger partial charge in [0.15, 0.2) is 0 Å². The number of anilines is 1. The third kappa shape index (κ3) is 4.62. The summed E-state index contributed by atoms with van der Waals surface area (Å²) in [4.78, 5) is 39.8. The highest BCUT2D eigenvalue weighted by atomic mass is 127. The molecule has 0 aromatic carbocycles. The third-order valence-corrected chi connectivity index (χ3v) is 7.28. The molecule has 1 atom stereocenters. The number of ether oxygens (including phenoxy) is 1. The number of carbonyl (C=O) groups excluding carboxylic acids is 3. The Morgan fingerprint density at radius 1 is 1.22 bits per heavy atom. The topological polar surface area (TPSA) is 63.7 Å². The van der Waals surface area contributed by atoms with E-state index in [9.17, 15) is 14.4 Å². The van der Waals surface area contributed by atoms with Crippen LogP contribution in [0.1, 0.15) is 61.5 Å². The lowest BCUT2D eigenvalue weighted by molar-refractivity contribution is -0.125. The third-order valence-electron chi connectivity index (χ3n) is 5.42. The molecule has 1 aromatic heterocycles. The summed E-state index contributed by atoms with van der Waals surface area (Å²) in [5.74, 6) is -0.170. The van der Waals surface area contributed by atoms with Crippen LogP contribution in [-0.2, 0) is 14.3 Å². The van der Waals surface area contributed by atoms with Crippen LogP contribution in [0.15, 0.2) is 17.7 Å². The molecular weight excluding hydrogens is 477 g/mol. The largest absolute Gasteiger partial charge is 0.465 e. The van der Waals surface area contributed by atoms with Crippen LogP contribution in [0, 0.1) is 8.80 Å². The van der Waals surface area contributed by atoms with Crippen molar-refractivity contribution in [2.45, 2.75) is 57.9 Å². The number of ketones is 1. The minimum Gasteiger partial charge on any atom is -0.465 e. The van der Waals surface area contributed by atoms with E-state index in [-0.39, 0.29) is 23.7 Å². The van der Waals surface area contributed by atoms with Crippen molar-refractivity contribution in [2.24, 2.45) is 5.92 Å². The van der Waals surface area contributed by atoms with Crippen LogP contribution >= 0.6 is 33.9 Å². The van der Waals surface area contributed by atoms with E-state index in [1.165, 1.54) is 24.0 Å². The van der Waals surface area contributed by atoms with E-state index in [2.05, 4.69) is 35.6 Å². The SMILES string of the molecule is COC(=O)c1sc(I)cc1N(C(=O)[C@H]1CC=C(C)CC1)C1CCC(=O)CC1. The van der Waals surface area contributed by atoms with Gasteiger partial charge in [0.25, 0.3) is 0 Å². The van der Waals surface area contributed by atoms with Gasteiger partial charge in [-0.2, -0.15) is 0 Å². The van der Waals surface area contributed by atoms with E-state index in [4.69, 9.17) is 4.74 Å². The Balaban J connectivity index is 1.97. The Bertz CT molecular complexity index is 775. The summed E-state index contributed by atoms with van der Waals surface area (Å²) in [6, 6.07) is 1.85. The number of esters is 1. The lowest BCUT2D eigenvalue weighted by atomic mass is 9.87. The zero-order chi connectivity index (χ0) is 19.6. The number of hydrogen-bond donors (Lipinski definition) is 0. The Labute approximate surface area is 177 Å². The van der Waals surface area contributed by atoms with E-state index in [0.29, 0.717) is 36.2 Å². The molecule has 1 fully saturated rings. The summed E-state index contributed by atoms with van der Waals surface area (Å²) in [7, 11) is 1.36. The Kier molecular flexibility index (Phi) is 6.73. The van der Waals surface area contributed by atoms with E-state index >= 15 is 0 Å². The molecule has 146 valence electrons. The lowest BCUT2D eigenvalue weighted by Crippen LogP contribution is -2.46. The molecule has 0 radical (unpaired) electrons. The van der Waals surface area contributed by atoms with Gasteiger partial charge in [0, 0.05) is 24.8 Å². The Morgan fingerprint density at radius 3 is 2.52 bits per heavy atom. The molecule has 27 heavy (non-hydrogen) atoms. The van der Waals surface area contributed by atoms with Crippen LogP contribution in [0.5, 0.6) is 0 Å². The molecule has 2 aliphatic carbocycles. The molecule has 0 saturated heterocycles. The molecule has 0 aliphatic heterocycles. The van der Waals surface area contributed by atoms with E-state index in [1.54, 1.807) is 0 Å². The number of halogens is 1. The summed E-state index contributed by atoms with van der Waals surface area (Å²) in [6.07, 6.45) is 6.93. The van der Waals surface area contributed by atoms with Crippen molar-refractivity contribution in [3.8, 4) is 0 Å². The minimum atomic E-state index is -0.415. The molecule has 3 rings (SSSR count). The second-order valence-electron chi connectivity index (χ2n) is 7.26. The fourth-order valence-electron chi connectivity index (χ4n) is 3.83. The van der Waals surface area contributed by atoms with Gasteiger partial charge < -0.3 is 9.64 Å². The van der Waals surface area contributed by atoms with Crippen LogP contribution in [0.2, 0.25) is 0 Å². The molecule has 5 nitrogen and oxygen atoms in total. The summed E-state index contributed by atoms with van der Waals surface area (Å²) in [5, 5.41) is 0. The van der Waals surface area contributed by atoms with Gasteiger partial charge in [-0.3, -0.25) is 9.59 Å². The second kappa shape index (κ2) is 8.86. The maximum absolute atomic E-state index is 13.5. The van der Waals surface area contributed by atoms with Crippen LogP contribution in [-0.4, -0.2) is 30.8 Å². The molecule has 0 spiro atoms. The number of methoxy groups -OCH3 is 1. The maximum atomic E-state index is 13.5. The zero-order valence-corrected chi connectivity index (χ0v) is 18.6. The fraction of sp³-hybridized carbons (Fsp3) is 0.550. The van der Waals surface area contributed by atoms with E-state index in [1.807, 2.05) is 11.0 Å². The Morgan fingerprint density at radius 2 is 1.93 bits per heavy atom. The minimum absolute atomic E-state index is 0.0454. The van der Waals surface area contributed by atoms with Crippen molar-refractivity contribution >= 4 is 57.3 Å². The van der Waals surface area contributed by atoms with Gasteiger partial charge >= 0.3 is 5.97 Å². The average molecular weight is 501 g/mol. The number of nitrogens with zero attached hydrogens (tertiary/aromatic N) is 1. The number of thiophene rings is 1. The van der Waals surface area contributed by atoms with Crippen LogP contribution in [0.25, 0.3) is 0 Å². The number of amides is 1. The molecule has 1 saturated carbocycles. The van der Waals surface area contributed by atoms with Gasteiger partial charge in [0.1, 0.15) is 10.7 Å². The highest BCUT2D eigenvalue weighted by molar-refractivity contribution is 14.1. The fourth-order valence-corrected chi connectivity index (χ4v) is 5.58. The summed E-state index contributed by atoms with van der Waals surface area (Å²) >= 11 is 3.52. The molecule has 0 N–H and O–H groups in total. The van der Waals surface area contributed by atoms with Gasteiger partial charge in [-0.25, -0.2) is 4.79 Å². The van der Waals surface area contributed by atoms with Gasteiger partial charge in [-0.1, -0.05) is 11.6 Å². The molecule has 1 amide bonds. The first-order chi connectivity index (χ1) is 12.9. The summed E-state index contributed by atoms with van der Waals surface area (Å²) in [6.45, 7) is 2.10. The van der Waals surface area contributed by atoms with Crippen LogP contribution in [0.4, 0.5) is 5.69 Å². The number of carbonyl (C=O) groups is 3. The number of rotatable bonds is 4. The van der Waals surface area contributed by atoms with Gasteiger partial charge in [0.05, 0.1) is 15.7 Å². The molecule has 0 bridgehead atoms. The van der Waals surface area contributed by atoms with Crippen molar-refractivity contribution in [2.75, 3.05) is 12.0 Å². The van der Waals surface area contributed by atoms with Crippen molar-refractivity contribution in [3.63, 3.8) is 0 Å². The van der Waals surface area contributed by atoms with E-state index in [0.717, 1.165) is 22.1 Å². The molecule has 1 heterocycles. The van der Waals surface area contributed by atoms with Crippen molar-refractivity contribution in [1.29, 1.82) is 0 Å². The smallest absolute Gasteiger partial charge is 0.350 e. The van der Waals surface area contributed by atoms with Crippen molar-refractivity contribution in [1.82, 2.24) is 0 Å². The number of hydrogen-bond acceptors (Lipinski definition) is 5. The van der Waals surface area contributed by atoms with Crippen molar-refractivity contribution < 1.29 is 19.1 Å². The standard InChI is InChI=1S/C20H24INO4S/c1-12-3-5-13(6-4-12)19(24)22(14-7-9-15(23)10-8-14)16-11-17(21)27-18(16)20(25)26-2/h3,11,13-14H,4-10H2,1-2H3/t13-/m0/s1. The van der Waals surface area contributed by atoms with E-state index < -0.39 is 5.97 Å². The highest BCUT2D eigenvalue weighted by Gasteiger charge is 2.36. The predicted octanol–water partition coefficient (Wildman–Crippen LogP) is 4.73. The molecule has 2 aliphatic rings. The summed E-state index contributed by atoms with van der Waals surface area (Å²) < 4.78 is 5.89. The molecule has 7 heteroatoms. The predicted molar refractivity (Wildman–Crippen MR) is 114 cm³/mol. The average Bonchev–Trinajstić information content (AvgIpc) is 3.04. The van der Waals surface area contributed by atoms with Crippen LogP contribution in [0.3, 0.4) is 0 Å². The van der Waals surface area contributed by atoms with Gasteiger partial charge in [-0.05, 0) is 67.7 Å². The number of Topliss-reactive ketones (excluding diaryl/α,β-unsaturated/α-hetero) is 1. The molecular formula is C20H24INO4S. The molecule has 1 aromatic rings. The summed E-state index contributed by atoms with van der Waals surface area (Å²) in [5.41, 5.74) is 1.97. The zero-order valence-electron chi connectivity index (χ0n) is 15.6. The van der Waals surface area contributed by atoms with Crippen LogP contribution < -0.4 is 4.90 Å². The Hall–Kier alpha value is -1.22. The van der Waals surface area contributed by atoms with Gasteiger partial charge in [-0.15, -0.1) is 11.3 Å². The molecule has 0 unspecified atom stereocenters. The van der Waals surface area contributed by atoms with Gasteiger partial charge in [0.2, 0.25) is 5.91 Å².